The van der Waals surface area contributed by atoms with Gasteiger partial charge in [-0.15, -0.1) is 0 Å². The minimum Gasteiger partial charge on any atom is -0.340 e. The van der Waals surface area contributed by atoms with Crippen molar-refractivity contribution in [2.45, 2.75) is 39.7 Å². The van der Waals surface area contributed by atoms with Gasteiger partial charge in [0.2, 0.25) is 0 Å². The van der Waals surface area contributed by atoms with Gasteiger partial charge in [0.15, 0.2) is 11.6 Å². The largest absolute Gasteiger partial charge is 0.340 e. The highest BCUT2D eigenvalue weighted by Crippen LogP contribution is 2.26. The lowest BCUT2D eigenvalue weighted by molar-refractivity contribution is 0.589. The van der Waals surface area contributed by atoms with Gasteiger partial charge in [0.1, 0.15) is 5.69 Å². The van der Waals surface area contributed by atoms with Crippen molar-refractivity contribution in [1.29, 1.82) is 0 Å². The second-order valence-electron chi connectivity index (χ2n) is 3.82. The summed E-state index contributed by atoms with van der Waals surface area (Å²) in [6, 6.07) is 2.76. The van der Waals surface area contributed by atoms with Gasteiger partial charge in [0, 0.05) is 4.47 Å². The maximum atomic E-state index is 13.4. The molecule has 1 saturated carbocycles. The summed E-state index contributed by atoms with van der Waals surface area (Å²) in [6.07, 6.45) is 2.12. The third-order valence-corrected chi connectivity index (χ3v) is 2.69. The van der Waals surface area contributed by atoms with Crippen LogP contribution in [-0.4, -0.2) is 11.9 Å². The molecule has 0 aliphatic heterocycles. The lowest BCUT2D eigenvalue weighted by Gasteiger charge is -2.08. The second kappa shape index (κ2) is 6.83. The van der Waals surface area contributed by atoms with Gasteiger partial charge >= 0.3 is 0 Å². The highest BCUT2D eigenvalue weighted by atomic mass is 79.9. The van der Waals surface area contributed by atoms with Crippen LogP contribution < -0.4 is 5.32 Å². The average Bonchev–Trinajstić information content (AvgIpc) is 3.10. The number of benzene rings is 1. The fourth-order valence-corrected chi connectivity index (χ4v) is 1.75. The molecule has 2 nitrogen and oxygen atoms in total. The van der Waals surface area contributed by atoms with Gasteiger partial charge in [0.05, 0.1) is 11.9 Å². The predicted octanol–water partition coefficient (Wildman–Crippen LogP) is 4.75. The zero-order valence-electron chi connectivity index (χ0n) is 10.7. The van der Waals surface area contributed by atoms with Gasteiger partial charge in [-0.3, -0.25) is 4.99 Å². The number of halogens is 3. The third-order valence-electron chi connectivity index (χ3n) is 2.24. The Balaban J connectivity index is 0.000000771. The Hall–Kier alpha value is -0.970. The van der Waals surface area contributed by atoms with E-state index < -0.39 is 11.6 Å². The molecule has 2 rings (SSSR count). The van der Waals surface area contributed by atoms with Crippen molar-refractivity contribution >= 4 is 27.5 Å². The molecule has 0 aromatic heterocycles. The van der Waals surface area contributed by atoms with E-state index in [9.17, 15) is 8.78 Å². The first-order chi connectivity index (χ1) is 8.56. The first kappa shape index (κ1) is 15.1. The van der Waals surface area contributed by atoms with Gasteiger partial charge in [-0.05, 0) is 31.9 Å². The van der Waals surface area contributed by atoms with Crippen LogP contribution in [0.15, 0.2) is 21.6 Å². The van der Waals surface area contributed by atoms with Crippen molar-refractivity contribution in [1.82, 2.24) is 0 Å². The second-order valence-corrected chi connectivity index (χ2v) is 4.73. The molecule has 5 heteroatoms. The maximum Gasteiger partial charge on any atom is 0.150 e. The zero-order valence-corrected chi connectivity index (χ0v) is 12.3. The summed E-state index contributed by atoms with van der Waals surface area (Å²) in [6.45, 7) is 5.71. The van der Waals surface area contributed by atoms with Gasteiger partial charge < -0.3 is 5.32 Å². The van der Waals surface area contributed by atoms with Gasteiger partial charge in [0.25, 0.3) is 0 Å². The van der Waals surface area contributed by atoms with E-state index in [0.29, 0.717) is 16.4 Å². The quantitative estimate of drug-likeness (QED) is 0.617. The molecule has 0 radical (unpaired) electrons. The van der Waals surface area contributed by atoms with E-state index in [1.54, 1.807) is 6.92 Å². The molecule has 100 valence electrons. The molecule has 0 saturated heterocycles. The molecule has 0 bridgehead atoms. The molecule has 1 aliphatic carbocycles. The smallest absolute Gasteiger partial charge is 0.150 e. The molecule has 1 N–H and O–H groups in total. The Bertz CT molecular complexity index is 420. The Kier molecular flexibility index (Phi) is 5.72. The van der Waals surface area contributed by atoms with Gasteiger partial charge in [-0.25, -0.2) is 8.78 Å². The van der Waals surface area contributed by atoms with E-state index in [2.05, 4.69) is 26.2 Å². The number of anilines is 1. The summed E-state index contributed by atoms with van der Waals surface area (Å²) in [7, 11) is 0. The number of aliphatic imine (C=N–C) groups is 1. The predicted molar refractivity (Wildman–Crippen MR) is 75.2 cm³/mol. The van der Waals surface area contributed by atoms with E-state index in [1.807, 2.05) is 13.8 Å². The van der Waals surface area contributed by atoms with E-state index in [4.69, 9.17) is 0 Å². The summed E-state index contributed by atoms with van der Waals surface area (Å²) >= 11 is 3.03. The van der Waals surface area contributed by atoms with Crippen LogP contribution in [0.4, 0.5) is 14.5 Å². The highest BCUT2D eigenvalue weighted by Gasteiger charge is 2.20. The summed E-state index contributed by atoms with van der Waals surface area (Å²) < 4.78 is 27.3. The van der Waals surface area contributed by atoms with E-state index in [-0.39, 0.29) is 5.69 Å². The molecular weight excluding hydrogens is 302 g/mol. The summed E-state index contributed by atoms with van der Waals surface area (Å²) in [5.41, 5.74) is -0.148. The summed E-state index contributed by atoms with van der Waals surface area (Å²) in [5, 5.41) is 2.66. The Morgan fingerprint density at radius 1 is 1.28 bits per heavy atom. The van der Waals surface area contributed by atoms with Crippen molar-refractivity contribution in [3.05, 3.63) is 28.2 Å². The Morgan fingerprint density at radius 2 is 1.78 bits per heavy atom. The molecule has 0 spiro atoms. The van der Waals surface area contributed by atoms with Crippen LogP contribution in [0.2, 0.25) is 0 Å². The minimum atomic E-state index is -0.628. The standard InChI is InChI=1S/C11H11BrF2N2.C2H6/c1-6(15-8-2-3-8)16-11-9(13)4-7(12)5-10(11)14;1-2/h4-5,8H,2-3H2,1H3,(H,15,16);1-2H3. The SMILES string of the molecule is CC.CC(=NC1CC1)Nc1c(F)cc(Br)cc1F. The lowest BCUT2D eigenvalue weighted by Crippen LogP contribution is -2.11. The fourth-order valence-electron chi connectivity index (χ4n) is 1.35. The number of nitrogens with zero attached hydrogens (tertiary/aromatic N) is 1. The summed E-state index contributed by atoms with van der Waals surface area (Å²) in [5.74, 6) is -0.711. The highest BCUT2D eigenvalue weighted by molar-refractivity contribution is 9.10. The number of nitrogens with one attached hydrogen (secondary N) is 1. The number of rotatable bonds is 2. The number of hydrogen-bond acceptors (Lipinski definition) is 1. The van der Waals surface area contributed by atoms with Crippen molar-refractivity contribution in [2.24, 2.45) is 4.99 Å². The monoisotopic (exact) mass is 318 g/mol. The minimum absolute atomic E-state index is 0.148. The van der Waals surface area contributed by atoms with Crippen LogP contribution in [0.3, 0.4) is 0 Å². The number of hydrogen-bond donors (Lipinski definition) is 1. The molecular formula is C13H17BrF2N2. The fraction of sp³-hybridized carbons (Fsp3) is 0.462. The van der Waals surface area contributed by atoms with E-state index >= 15 is 0 Å². The van der Waals surface area contributed by atoms with Gasteiger partial charge in [-0.2, -0.15) is 0 Å². The van der Waals surface area contributed by atoms with Crippen molar-refractivity contribution < 1.29 is 8.78 Å². The van der Waals surface area contributed by atoms with Gasteiger partial charge in [-0.1, -0.05) is 29.8 Å². The third kappa shape index (κ3) is 4.37. The van der Waals surface area contributed by atoms with Crippen molar-refractivity contribution in [3.8, 4) is 0 Å². The zero-order chi connectivity index (χ0) is 13.7. The molecule has 0 heterocycles. The molecule has 1 fully saturated rings. The van der Waals surface area contributed by atoms with Crippen molar-refractivity contribution in [2.75, 3.05) is 5.32 Å². The van der Waals surface area contributed by atoms with Crippen LogP contribution in [0, 0.1) is 11.6 Å². The summed E-state index contributed by atoms with van der Waals surface area (Å²) in [4.78, 5) is 4.25. The topological polar surface area (TPSA) is 24.4 Å². The van der Waals surface area contributed by atoms with E-state index in [1.165, 1.54) is 12.1 Å². The lowest BCUT2D eigenvalue weighted by atomic mass is 10.3. The van der Waals surface area contributed by atoms with Crippen LogP contribution in [0.25, 0.3) is 0 Å². The maximum absolute atomic E-state index is 13.4. The van der Waals surface area contributed by atoms with E-state index in [0.717, 1.165) is 12.8 Å². The molecule has 1 aromatic rings. The molecule has 0 amide bonds. The average molecular weight is 319 g/mol. The van der Waals surface area contributed by atoms with Crippen LogP contribution in [0.5, 0.6) is 0 Å². The first-order valence-corrected chi connectivity index (χ1v) is 6.81. The number of amidine groups is 1. The molecule has 1 aliphatic rings. The van der Waals surface area contributed by atoms with Crippen LogP contribution in [0.1, 0.15) is 33.6 Å². The normalized spacial score (nSPS) is 14.9. The molecule has 0 atom stereocenters. The molecule has 0 unspecified atom stereocenters. The van der Waals surface area contributed by atoms with Crippen LogP contribution >= 0.6 is 15.9 Å². The first-order valence-electron chi connectivity index (χ1n) is 6.02. The Morgan fingerprint density at radius 3 is 2.22 bits per heavy atom. The Labute approximate surface area is 115 Å². The van der Waals surface area contributed by atoms with Crippen LogP contribution in [-0.2, 0) is 0 Å². The van der Waals surface area contributed by atoms with Crippen molar-refractivity contribution in [3.63, 3.8) is 0 Å². The molecule has 1 aromatic carbocycles. The molecule has 18 heavy (non-hydrogen) atoms.